The van der Waals surface area contributed by atoms with Crippen molar-refractivity contribution in [2.24, 2.45) is 0 Å². The van der Waals surface area contributed by atoms with Gasteiger partial charge in [-0.15, -0.1) is 0 Å². The van der Waals surface area contributed by atoms with E-state index in [1.54, 1.807) is 7.11 Å². The highest BCUT2D eigenvalue weighted by Gasteiger charge is 2.21. The molecule has 1 aliphatic heterocycles. The second kappa shape index (κ2) is 5.05. The fraction of sp³-hybridized carbons (Fsp3) is 0.400. The van der Waals surface area contributed by atoms with Gasteiger partial charge in [0.05, 0.1) is 12.8 Å². The number of hydrogen-bond donors (Lipinski definition) is 2. The lowest BCUT2D eigenvalue weighted by atomic mass is 10.1. The number of ether oxygens (including phenoxy) is 1. The van der Waals surface area contributed by atoms with Crippen LogP contribution in [0.4, 0.5) is 0 Å². The fourth-order valence-electron chi connectivity index (χ4n) is 2.62. The Bertz CT molecular complexity index is 571. The van der Waals surface area contributed by atoms with E-state index in [0.29, 0.717) is 5.92 Å². The van der Waals surface area contributed by atoms with Crippen LogP contribution in [0.5, 0.6) is 5.75 Å². The maximum Gasteiger partial charge on any atom is 0.119 e. The molecule has 2 aromatic rings. The summed E-state index contributed by atoms with van der Waals surface area (Å²) < 4.78 is 5.27. The normalized spacial score (nSPS) is 18.7. The predicted molar refractivity (Wildman–Crippen MR) is 75.5 cm³/mol. The zero-order valence-electron chi connectivity index (χ0n) is 11.4. The zero-order valence-corrected chi connectivity index (χ0v) is 11.4. The SMILES string of the molecule is COc1cccc(-c2nc(C3CCNC3)[nH]c2C)c1. The van der Waals surface area contributed by atoms with Gasteiger partial charge in [0.2, 0.25) is 0 Å². The third-order valence-corrected chi connectivity index (χ3v) is 3.69. The van der Waals surface area contributed by atoms with Crippen LogP contribution in [-0.2, 0) is 0 Å². The fourth-order valence-corrected chi connectivity index (χ4v) is 2.62. The molecule has 0 radical (unpaired) electrons. The second-order valence-electron chi connectivity index (χ2n) is 5.02. The summed E-state index contributed by atoms with van der Waals surface area (Å²) >= 11 is 0. The minimum Gasteiger partial charge on any atom is -0.497 e. The van der Waals surface area contributed by atoms with Crippen molar-refractivity contribution in [3.8, 4) is 17.0 Å². The molecule has 1 aromatic carbocycles. The Morgan fingerprint density at radius 1 is 1.37 bits per heavy atom. The predicted octanol–water partition coefficient (Wildman–Crippen LogP) is 2.47. The summed E-state index contributed by atoms with van der Waals surface area (Å²) in [5.74, 6) is 2.47. The van der Waals surface area contributed by atoms with Crippen LogP contribution in [0.1, 0.15) is 23.9 Å². The summed E-state index contributed by atoms with van der Waals surface area (Å²) in [5.41, 5.74) is 3.25. The first-order valence-electron chi connectivity index (χ1n) is 6.69. The minimum absolute atomic E-state index is 0.512. The molecule has 1 aliphatic rings. The molecular weight excluding hydrogens is 238 g/mol. The van der Waals surface area contributed by atoms with Gasteiger partial charge in [0.1, 0.15) is 11.6 Å². The van der Waals surface area contributed by atoms with Crippen molar-refractivity contribution in [3.05, 3.63) is 35.8 Å². The van der Waals surface area contributed by atoms with Gasteiger partial charge >= 0.3 is 0 Å². The van der Waals surface area contributed by atoms with Crippen molar-refractivity contribution in [1.29, 1.82) is 0 Å². The van der Waals surface area contributed by atoms with Crippen molar-refractivity contribution < 1.29 is 4.74 Å². The highest BCUT2D eigenvalue weighted by molar-refractivity contribution is 5.63. The Balaban J connectivity index is 1.95. The van der Waals surface area contributed by atoms with E-state index in [9.17, 15) is 0 Å². The van der Waals surface area contributed by atoms with Crippen molar-refractivity contribution in [2.75, 3.05) is 20.2 Å². The molecule has 0 spiro atoms. The van der Waals surface area contributed by atoms with E-state index >= 15 is 0 Å². The highest BCUT2D eigenvalue weighted by atomic mass is 16.5. The Hall–Kier alpha value is -1.81. The van der Waals surface area contributed by atoms with E-state index in [-0.39, 0.29) is 0 Å². The highest BCUT2D eigenvalue weighted by Crippen LogP contribution is 2.28. The molecule has 0 bridgehead atoms. The Morgan fingerprint density at radius 3 is 3.00 bits per heavy atom. The monoisotopic (exact) mass is 257 g/mol. The molecule has 1 aromatic heterocycles. The lowest BCUT2D eigenvalue weighted by Crippen LogP contribution is -2.08. The van der Waals surface area contributed by atoms with Gasteiger partial charge in [-0.25, -0.2) is 4.98 Å². The largest absolute Gasteiger partial charge is 0.497 e. The topological polar surface area (TPSA) is 49.9 Å². The number of H-pyrrole nitrogens is 1. The third-order valence-electron chi connectivity index (χ3n) is 3.69. The number of nitrogens with one attached hydrogen (secondary N) is 2. The van der Waals surface area contributed by atoms with E-state index in [0.717, 1.165) is 48.0 Å². The van der Waals surface area contributed by atoms with Crippen molar-refractivity contribution in [3.63, 3.8) is 0 Å². The first-order valence-corrected chi connectivity index (χ1v) is 6.69. The van der Waals surface area contributed by atoms with Gasteiger partial charge in [-0.2, -0.15) is 0 Å². The molecule has 0 aliphatic carbocycles. The summed E-state index contributed by atoms with van der Waals surface area (Å²) in [6, 6.07) is 8.05. The van der Waals surface area contributed by atoms with Gasteiger partial charge in [-0.3, -0.25) is 0 Å². The molecule has 1 saturated heterocycles. The van der Waals surface area contributed by atoms with Crippen LogP contribution in [0.15, 0.2) is 24.3 Å². The number of nitrogens with zero attached hydrogens (tertiary/aromatic N) is 1. The molecule has 0 saturated carbocycles. The van der Waals surface area contributed by atoms with Gasteiger partial charge in [0.25, 0.3) is 0 Å². The number of aromatic nitrogens is 2. The summed E-state index contributed by atoms with van der Waals surface area (Å²) in [4.78, 5) is 8.22. The van der Waals surface area contributed by atoms with Crippen LogP contribution in [-0.4, -0.2) is 30.2 Å². The van der Waals surface area contributed by atoms with Crippen LogP contribution in [0, 0.1) is 6.92 Å². The van der Waals surface area contributed by atoms with Gasteiger partial charge in [0, 0.05) is 23.7 Å². The molecule has 0 amide bonds. The molecule has 1 atom stereocenters. The average molecular weight is 257 g/mol. The van der Waals surface area contributed by atoms with Crippen LogP contribution in [0.2, 0.25) is 0 Å². The Labute approximate surface area is 113 Å². The Morgan fingerprint density at radius 2 is 2.26 bits per heavy atom. The quantitative estimate of drug-likeness (QED) is 0.888. The van der Waals surface area contributed by atoms with Crippen LogP contribution < -0.4 is 10.1 Å². The van der Waals surface area contributed by atoms with Crippen LogP contribution in [0.25, 0.3) is 11.3 Å². The molecule has 4 nitrogen and oxygen atoms in total. The molecule has 2 N–H and O–H groups in total. The summed E-state index contributed by atoms with van der Waals surface area (Å²) in [5, 5.41) is 3.38. The van der Waals surface area contributed by atoms with E-state index in [1.807, 2.05) is 18.2 Å². The lowest BCUT2D eigenvalue weighted by molar-refractivity contribution is 0.415. The number of benzene rings is 1. The number of aromatic amines is 1. The van der Waals surface area contributed by atoms with Crippen LogP contribution in [0.3, 0.4) is 0 Å². The van der Waals surface area contributed by atoms with E-state index < -0.39 is 0 Å². The Kier molecular flexibility index (Phi) is 3.25. The molecule has 1 fully saturated rings. The lowest BCUT2D eigenvalue weighted by Gasteiger charge is -2.03. The van der Waals surface area contributed by atoms with E-state index in [4.69, 9.17) is 9.72 Å². The molecule has 2 heterocycles. The molecule has 100 valence electrons. The number of imidazole rings is 1. The molecule has 19 heavy (non-hydrogen) atoms. The van der Waals surface area contributed by atoms with E-state index in [2.05, 4.69) is 23.3 Å². The first kappa shape index (κ1) is 12.2. The molecule has 4 heteroatoms. The summed E-state index contributed by atoms with van der Waals surface area (Å²) in [7, 11) is 1.69. The average Bonchev–Trinajstić information content (AvgIpc) is 3.07. The maximum absolute atomic E-state index is 5.27. The van der Waals surface area contributed by atoms with Crippen LogP contribution >= 0.6 is 0 Å². The number of hydrogen-bond acceptors (Lipinski definition) is 3. The van der Waals surface area contributed by atoms with Gasteiger partial charge in [-0.05, 0) is 32.0 Å². The van der Waals surface area contributed by atoms with Crippen molar-refractivity contribution in [1.82, 2.24) is 15.3 Å². The van der Waals surface area contributed by atoms with Crippen molar-refractivity contribution >= 4 is 0 Å². The first-order chi connectivity index (χ1) is 9.28. The summed E-state index contributed by atoms with van der Waals surface area (Å²) in [6.07, 6.45) is 1.16. The maximum atomic E-state index is 5.27. The second-order valence-corrected chi connectivity index (χ2v) is 5.02. The number of aryl methyl sites for hydroxylation is 1. The zero-order chi connectivity index (χ0) is 13.2. The molecule has 1 unspecified atom stereocenters. The number of rotatable bonds is 3. The minimum atomic E-state index is 0.512. The third kappa shape index (κ3) is 2.36. The molecule has 3 rings (SSSR count). The smallest absolute Gasteiger partial charge is 0.119 e. The van der Waals surface area contributed by atoms with Gasteiger partial charge in [-0.1, -0.05) is 12.1 Å². The van der Waals surface area contributed by atoms with E-state index in [1.165, 1.54) is 0 Å². The number of methoxy groups -OCH3 is 1. The van der Waals surface area contributed by atoms with Gasteiger partial charge in [0.15, 0.2) is 0 Å². The standard InChI is InChI=1S/C15H19N3O/c1-10-14(11-4-3-5-13(8-11)19-2)18-15(17-10)12-6-7-16-9-12/h3-5,8,12,16H,6-7,9H2,1-2H3,(H,17,18). The van der Waals surface area contributed by atoms with Crippen molar-refractivity contribution in [2.45, 2.75) is 19.3 Å². The summed E-state index contributed by atoms with van der Waals surface area (Å²) in [6.45, 7) is 4.18. The molecular formula is C15H19N3O. The van der Waals surface area contributed by atoms with Gasteiger partial charge < -0.3 is 15.0 Å².